The zero-order valence-corrected chi connectivity index (χ0v) is 19.4. The highest BCUT2D eigenvalue weighted by Gasteiger charge is 2.19. The van der Waals surface area contributed by atoms with Gasteiger partial charge in [0, 0.05) is 32.7 Å². The molecule has 6 heteroatoms. The predicted octanol–water partition coefficient (Wildman–Crippen LogP) is 4.61. The highest BCUT2D eigenvalue weighted by molar-refractivity contribution is 14.0. The molecule has 1 aliphatic heterocycles. The highest BCUT2D eigenvalue weighted by Crippen LogP contribution is 2.20. The predicted molar refractivity (Wildman–Crippen MR) is 127 cm³/mol. The summed E-state index contributed by atoms with van der Waals surface area (Å²) in [7, 11) is 1.82. The molecule has 0 radical (unpaired) electrons. The zero-order valence-electron chi connectivity index (χ0n) is 16.3. The second kappa shape index (κ2) is 11.7. The van der Waals surface area contributed by atoms with E-state index in [1.54, 1.807) is 11.3 Å². The van der Waals surface area contributed by atoms with Crippen LogP contribution in [0.3, 0.4) is 0 Å². The Labute approximate surface area is 184 Å². The van der Waals surface area contributed by atoms with Crippen LogP contribution in [0.15, 0.2) is 46.1 Å². The Bertz CT molecular complexity index is 702. The SMILES string of the molecule is CN=C(NCc1ccsc1)NCc1ccccc1CN1CCCCC1C.I. The third kappa shape index (κ3) is 6.76. The Kier molecular flexibility index (Phi) is 9.58. The van der Waals surface area contributed by atoms with Crippen molar-refractivity contribution in [3.8, 4) is 0 Å². The molecular formula is C21H31IN4S. The summed E-state index contributed by atoms with van der Waals surface area (Å²) in [6.45, 7) is 6.21. The molecule has 1 fully saturated rings. The van der Waals surface area contributed by atoms with E-state index in [-0.39, 0.29) is 24.0 Å². The number of hydrogen-bond acceptors (Lipinski definition) is 3. The zero-order chi connectivity index (χ0) is 18.2. The number of rotatable bonds is 6. The van der Waals surface area contributed by atoms with Crippen LogP contribution in [0, 0.1) is 0 Å². The molecule has 1 aromatic carbocycles. The Balaban J connectivity index is 0.00000261. The van der Waals surface area contributed by atoms with Crippen molar-refractivity contribution in [2.45, 2.75) is 51.9 Å². The molecule has 0 aliphatic carbocycles. The third-order valence-electron chi connectivity index (χ3n) is 5.14. The molecule has 2 aromatic rings. The molecule has 3 rings (SSSR count). The molecule has 1 saturated heterocycles. The molecule has 2 heterocycles. The average Bonchev–Trinajstić information content (AvgIpc) is 3.18. The molecule has 1 unspecified atom stereocenters. The van der Waals surface area contributed by atoms with Crippen molar-refractivity contribution in [3.05, 3.63) is 57.8 Å². The van der Waals surface area contributed by atoms with Crippen molar-refractivity contribution in [1.82, 2.24) is 15.5 Å². The van der Waals surface area contributed by atoms with Gasteiger partial charge in [-0.05, 0) is 59.8 Å². The fraction of sp³-hybridized carbons (Fsp3) is 0.476. The van der Waals surface area contributed by atoms with Crippen molar-refractivity contribution in [3.63, 3.8) is 0 Å². The van der Waals surface area contributed by atoms with Gasteiger partial charge >= 0.3 is 0 Å². The van der Waals surface area contributed by atoms with Gasteiger partial charge in [0.05, 0.1) is 0 Å². The van der Waals surface area contributed by atoms with E-state index in [1.165, 1.54) is 42.5 Å². The van der Waals surface area contributed by atoms with Crippen molar-refractivity contribution >= 4 is 41.3 Å². The van der Waals surface area contributed by atoms with Gasteiger partial charge in [-0.25, -0.2) is 0 Å². The van der Waals surface area contributed by atoms with Crippen LogP contribution in [0.25, 0.3) is 0 Å². The van der Waals surface area contributed by atoms with Crippen LogP contribution in [0.4, 0.5) is 0 Å². The van der Waals surface area contributed by atoms with Crippen LogP contribution >= 0.6 is 35.3 Å². The summed E-state index contributed by atoms with van der Waals surface area (Å²) >= 11 is 1.72. The lowest BCUT2D eigenvalue weighted by Gasteiger charge is -2.33. The minimum atomic E-state index is 0. The Morgan fingerprint density at radius 1 is 1.15 bits per heavy atom. The number of nitrogens with zero attached hydrogens (tertiary/aromatic N) is 2. The fourth-order valence-electron chi connectivity index (χ4n) is 3.47. The third-order valence-corrected chi connectivity index (χ3v) is 5.87. The van der Waals surface area contributed by atoms with E-state index in [1.807, 2.05) is 7.05 Å². The Morgan fingerprint density at radius 2 is 1.93 bits per heavy atom. The van der Waals surface area contributed by atoms with E-state index in [9.17, 15) is 0 Å². The number of hydrogen-bond donors (Lipinski definition) is 2. The molecule has 1 atom stereocenters. The molecule has 0 saturated carbocycles. The summed E-state index contributed by atoms with van der Waals surface area (Å²) in [6, 6.07) is 11.6. The van der Waals surface area contributed by atoms with E-state index in [0.717, 1.165) is 25.6 Å². The lowest BCUT2D eigenvalue weighted by Crippen LogP contribution is -2.38. The minimum absolute atomic E-state index is 0. The Morgan fingerprint density at radius 3 is 2.63 bits per heavy atom. The largest absolute Gasteiger partial charge is 0.352 e. The molecule has 4 nitrogen and oxygen atoms in total. The van der Waals surface area contributed by atoms with Crippen LogP contribution in [-0.4, -0.2) is 30.5 Å². The first kappa shape index (κ1) is 22.2. The maximum atomic E-state index is 4.35. The van der Waals surface area contributed by atoms with Gasteiger partial charge < -0.3 is 10.6 Å². The summed E-state index contributed by atoms with van der Waals surface area (Å²) < 4.78 is 0. The second-order valence-corrected chi connectivity index (χ2v) is 7.77. The van der Waals surface area contributed by atoms with Crippen molar-refractivity contribution < 1.29 is 0 Å². The minimum Gasteiger partial charge on any atom is -0.352 e. The number of likely N-dealkylation sites (tertiary alicyclic amines) is 1. The number of guanidine groups is 1. The normalized spacial score (nSPS) is 18.0. The van der Waals surface area contributed by atoms with Gasteiger partial charge in [0.2, 0.25) is 0 Å². The molecule has 1 aliphatic rings. The number of aliphatic imine (C=N–C) groups is 1. The summed E-state index contributed by atoms with van der Waals surface area (Å²) in [6.07, 6.45) is 4.01. The van der Waals surface area contributed by atoms with Crippen LogP contribution in [0.1, 0.15) is 42.9 Å². The summed E-state index contributed by atoms with van der Waals surface area (Å²) in [5.41, 5.74) is 4.06. The van der Waals surface area contributed by atoms with E-state index >= 15 is 0 Å². The van der Waals surface area contributed by atoms with Gasteiger partial charge in [-0.3, -0.25) is 9.89 Å². The topological polar surface area (TPSA) is 39.7 Å². The molecular weight excluding hydrogens is 467 g/mol. The van der Waals surface area contributed by atoms with Crippen molar-refractivity contribution in [2.75, 3.05) is 13.6 Å². The lowest BCUT2D eigenvalue weighted by atomic mass is 10.0. The van der Waals surface area contributed by atoms with Crippen LogP contribution < -0.4 is 10.6 Å². The molecule has 0 bridgehead atoms. The Hall–Kier alpha value is -1.12. The average molecular weight is 498 g/mol. The number of thiophene rings is 1. The van der Waals surface area contributed by atoms with Crippen molar-refractivity contribution in [2.24, 2.45) is 4.99 Å². The first-order valence-electron chi connectivity index (χ1n) is 9.52. The molecule has 148 valence electrons. The first-order chi connectivity index (χ1) is 12.8. The quantitative estimate of drug-likeness (QED) is 0.347. The second-order valence-electron chi connectivity index (χ2n) is 6.99. The van der Waals surface area contributed by atoms with E-state index < -0.39 is 0 Å². The molecule has 27 heavy (non-hydrogen) atoms. The van der Waals surface area contributed by atoms with Crippen LogP contribution in [-0.2, 0) is 19.6 Å². The maximum absolute atomic E-state index is 4.35. The first-order valence-corrected chi connectivity index (χ1v) is 10.5. The number of piperidine rings is 1. The molecule has 0 amide bonds. The van der Waals surface area contributed by atoms with Crippen LogP contribution in [0.2, 0.25) is 0 Å². The number of halogens is 1. The van der Waals surface area contributed by atoms with Gasteiger partial charge in [-0.15, -0.1) is 24.0 Å². The molecule has 1 aromatic heterocycles. The van der Waals surface area contributed by atoms with E-state index in [0.29, 0.717) is 6.04 Å². The van der Waals surface area contributed by atoms with Gasteiger partial charge in [-0.2, -0.15) is 11.3 Å². The van der Waals surface area contributed by atoms with E-state index in [4.69, 9.17) is 0 Å². The van der Waals surface area contributed by atoms with Crippen LogP contribution in [0.5, 0.6) is 0 Å². The van der Waals surface area contributed by atoms with Gasteiger partial charge in [0.15, 0.2) is 5.96 Å². The van der Waals surface area contributed by atoms with E-state index in [2.05, 4.69) is 68.5 Å². The maximum Gasteiger partial charge on any atom is 0.191 e. The number of nitrogens with one attached hydrogen (secondary N) is 2. The fourth-order valence-corrected chi connectivity index (χ4v) is 4.14. The molecule has 2 N–H and O–H groups in total. The van der Waals surface area contributed by atoms with Gasteiger partial charge in [0.25, 0.3) is 0 Å². The number of benzene rings is 1. The smallest absolute Gasteiger partial charge is 0.191 e. The molecule has 0 spiro atoms. The lowest BCUT2D eigenvalue weighted by molar-refractivity contribution is 0.152. The van der Waals surface area contributed by atoms with Gasteiger partial charge in [-0.1, -0.05) is 30.7 Å². The standard InChI is InChI=1S/C21H30N4S.HI/c1-17-7-5-6-11-25(17)15-20-9-4-3-8-19(20)14-24-21(22-2)23-13-18-10-12-26-16-18;/h3-4,8-10,12,16-17H,5-7,11,13-15H2,1-2H3,(H2,22,23,24);1H. The van der Waals surface area contributed by atoms with Crippen molar-refractivity contribution in [1.29, 1.82) is 0 Å². The van der Waals surface area contributed by atoms with Gasteiger partial charge in [0.1, 0.15) is 0 Å². The summed E-state index contributed by atoms with van der Waals surface area (Å²) in [5, 5.41) is 11.1. The summed E-state index contributed by atoms with van der Waals surface area (Å²) in [5.74, 6) is 0.845. The summed E-state index contributed by atoms with van der Waals surface area (Å²) in [4.78, 5) is 6.96. The highest BCUT2D eigenvalue weighted by atomic mass is 127. The monoisotopic (exact) mass is 498 g/mol.